The molecule has 0 aromatic carbocycles. The number of rotatable bonds is 3. The summed E-state index contributed by atoms with van der Waals surface area (Å²) in [5.41, 5.74) is 1.65. The van der Waals surface area contributed by atoms with Crippen LogP contribution < -0.4 is 0 Å². The van der Waals surface area contributed by atoms with Crippen molar-refractivity contribution in [2.24, 2.45) is 11.8 Å². The van der Waals surface area contributed by atoms with Gasteiger partial charge in [0.2, 0.25) is 0 Å². The number of allylic oxidation sites excluding steroid dienone is 1. The number of carbonyl (C=O) groups excluding carboxylic acids is 1. The lowest BCUT2D eigenvalue weighted by Crippen LogP contribution is -2.38. The largest absolute Gasteiger partial charge is 0.455 e. The molecule has 0 radical (unpaired) electrons. The van der Waals surface area contributed by atoms with Crippen LogP contribution in [0, 0.1) is 11.8 Å². The summed E-state index contributed by atoms with van der Waals surface area (Å²) in [6.45, 7) is 13.2. The number of epoxide rings is 1. The summed E-state index contributed by atoms with van der Waals surface area (Å²) in [5.74, 6) is 0.0354. The van der Waals surface area contributed by atoms with Crippen LogP contribution in [-0.4, -0.2) is 36.5 Å². The minimum atomic E-state index is -0.295. The summed E-state index contributed by atoms with van der Waals surface area (Å²) < 4.78 is 17.8. The first-order chi connectivity index (χ1) is 10.8. The Hall–Kier alpha value is -1.13. The van der Waals surface area contributed by atoms with Crippen LogP contribution >= 0.6 is 0 Å². The molecule has 2 fully saturated rings. The Morgan fingerprint density at radius 2 is 2.22 bits per heavy atom. The first kappa shape index (κ1) is 16.7. The minimum Gasteiger partial charge on any atom is -0.455 e. The normalized spacial score (nSPS) is 42.6. The van der Waals surface area contributed by atoms with Gasteiger partial charge in [0.15, 0.2) is 0 Å². The summed E-state index contributed by atoms with van der Waals surface area (Å²) in [5, 5.41) is 0. The highest BCUT2D eigenvalue weighted by Gasteiger charge is 2.62. The standard InChI is InChI=1S/C19H28O4/c1-11(2)10-21-14-9-12(3)7-6-8-19(5)17(23-19)16-15(14)13(4)18(20)22-16/h7,11,14-17H,4,6,8-10H2,1-3,5H3/b12-7-/t14?,15-,16-,17-,19+/m1/s1. The van der Waals surface area contributed by atoms with E-state index in [4.69, 9.17) is 14.2 Å². The predicted octanol–water partition coefficient (Wildman–Crippen LogP) is 3.41. The molecule has 2 heterocycles. The Bertz CT molecular complexity index is 535. The lowest BCUT2D eigenvalue weighted by atomic mass is 9.82. The van der Waals surface area contributed by atoms with Crippen LogP contribution in [-0.2, 0) is 19.0 Å². The first-order valence-corrected chi connectivity index (χ1v) is 8.66. The maximum atomic E-state index is 12.1. The molecule has 0 aromatic heterocycles. The zero-order valence-corrected chi connectivity index (χ0v) is 14.6. The van der Waals surface area contributed by atoms with Gasteiger partial charge >= 0.3 is 5.97 Å². The van der Waals surface area contributed by atoms with Gasteiger partial charge in [-0.1, -0.05) is 32.1 Å². The molecule has 4 nitrogen and oxygen atoms in total. The van der Waals surface area contributed by atoms with Gasteiger partial charge in [-0.15, -0.1) is 0 Å². The van der Waals surface area contributed by atoms with Gasteiger partial charge in [-0.2, -0.15) is 0 Å². The van der Waals surface area contributed by atoms with Gasteiger partial charge in [0.25, 0.3) is 0 Å². The number of ether oxygens (including phenoxy) is 3. The fraction of sp³-hybridized carbons (Fsp3) is 0.737. The molecule has 3 rings (SSSR count). The monoisotopic (exact) mass is 320 g/mol. The first-order valence-electron chi connectivity index (χ1n) is 8.66. The molecular formula is C19H28O4. The number of hydrogen-bond acceptors (Lipinski definition) is 4. The molecule has 5 atom stereocenters. The average Bonchev–Trinajstić information content (AvgIpc) is 3.04. The maximum Gasteiger partial charge on any atom is 0.334 e. The molecule has 0 spiro atoms. The quantitative estimate of drug-likeness (QED) is 0.346. The van der Waals surface area contributed by atoms with Crippen molar-refractivity contribution >= 4 is 5.97 Å². The van der Waals surface area contributed by atoms with Crippen molar-refractivity contribution in [3.8, 4) is 0 Å². The molecule has 0 aromatic rings. The van der Waals surface area contributed by atoms with Crippen LogP contribution in [0.5, 0.6) is 0 Å². The molecule has 2 aliphatic heterocycles. The second-order valence-corrected chi connectivity index (χ2v) is 7.83. The molecule has 3 aliphatic rings. The van der Waals surface area contributed by atoms with E-state index < -0.39 is 0 Å². The van der Waals surface area contributed by atoms with Crippen molar-refractivity contribution in [1.82, 2.24) is 0 Å². The van der Waals surface area contributed by atoms with E-state index in [-0.39, 0.29) is 35.8 Å². The Morgan fingerprint density at radius 3 is 2.91 bits per heavy atom. The van der Waals surface area contributed by atoms with Crippen molar-refractivity contribution in [3.05, 3.63) is 23.8 Å². The molecule has 1 aliphatic carbocycles. The summed E-state index contributed by atoms with van der Waals surface area (Å²) in [4.78, 5) is 12.1. The summed E-state index contributed by atoms with van der Waals surface area (Å²) in [7, 11) is 0. The Labute approximate surface area is 138 Å². The maximum absolute atomic E-state index is 12.1. The van der Waals surface area contributed by atoms with Gasteiger partial charge in [-0.3, -0.25) is 0 Å². The molecule has 4 heteroatoms. The van der Waals surface area contributed by atoms with E-state index in [1.807, 2.05) is 0 Å². The zero-order valence-electron chi connectivity index (χ0n) is 14.6. The molecule has 2 saturated heterocycles. The molecule has 0 N–H and O–H groups in total. The lowest BCUT2D eigenvalue weighted by molar-refractivity contribution is -0.140. The van der Waals surface area contributed by atoms with E-state index in [1.54, 1.807) is 0 Å². The van der Waals surface area contributed by atoms with Crippen LogP contribution in [0.3, 0.4) is 0 Å². The van der Waals surface area contributed by atoms with Gasteiger partial charge in [-0.05, 0) is 39.0 Å². The molecular weight excluding hydrogens is 292 g/mol. The van der Waals surface area contributed by atoms with Crippen molar-refractivity contribution in [1.29, 1.82) is 0 Å². The molecule has 0 bridgehead atoms. The average molecular weight is 320 g/mol. The van der Waals surface area contributed by atoms with Crippen LogP contribution in [0.4, 0.5) is 0 Å². The fourth-order valence-corrected chi connectivity index (χ4v) is 3.78. The lowest BCUT2D eigenvalue weighted by Gasteiger charge is -2.29. The van der Waals surface area contributed by atoms with Gasteiger partial charge < -0.3 is 14.2 Å². The Morgan fingerprint density at radius 1 is 1.48 bits per heavy atom. The number of carbonyl (C=O) groups is 1. The fourth-order valence-electron chi connectivity index (χ4n) is 3.78. The second kappa shape index (κ2) is 6.06. The van der Waals surface area contributed by atoms with E-state index in [0.29, 0.717) is 18.1 Å². The summed E-state index contributed by atoms with van der Waals surface area (Å²) in [6, 6.07) is 0. The van der Waals surface area contributed by atoms with Gasteiger partial charge in [0.05, 0.1) is 17.6 Å². The molecule has 0 amide bonds. The molecule has 1 unspecified atom stereocenters. The minimum absolute atomic E-state index is 0.0346. The third-order valence-corrected chi connectivity index (χ3v) is 5.20. The van der Waals surface area contributed by atoms with E-state index in [2.05, 4.69) is 40.3 Å². The highest BCUT2D eigenvalue weighted by atomic mass is 16.6. The summed E-state index contributed by atoms with van der Waals surface area (Å²) >= 11 is 0. The van der Waals surface area contributed by atoms with E-state index in [1.165, 1.54) is 5.57 Å². The van der Waals surface area contributed by atoms with Crippen molar-refractivity contribution in [2.45, 2.75) is 70.9 Å². The van der Waals surface area contributed by atoms with E-state index >= 15 is 0 Å². The molecule has 23 heavy (non-hydrogen) atoms. The molecule has 0 saturated carbocycles. The zero-order chi connectivity index (χ0) is 16.8. The van der Waals surface area contributed by atoms with Crippen LogP contribution in [0.2, 0.25) is 0 Å². The Balaban J connectivity index is 1.89. The topological polar surface area (TPSA) is 48.1 Å². The Kier molecular flexibility index (Phi) is 4.41. The van der Waals surface area contributed by atoms with Crippen LogP contribution in [0.25, 0.3) is 0 Å². The molecule has 128 valence electrons. The SMILES string of the molecule is C=C1C(=O)O[C@@H]2[C@H]1C(OCC(C)C)C/C(C)=C\CC[C@]1(C)O[C@H]21. The van der Waals surface area contributed by atoms with E-state index in [0.717, 1.165) is 19.3 Å². The summed E-state index contributed by atoms with van der Waals surface area (Å²) in [6.07, 6.45) is 4.66. The van der Waals surface area contributed by atoms with Crippen molar-refractivity contribution in [2.75, 3.05) is 6.61 Å². The third kappa shape index (κ3) is 3.24. The predicted molar refractivity (Wildman–Crippen MR) is 88.0 cm³/mol. The highest BCUT2D eigenvalue weighted by molar-refractivity contribution is 5.91. The smallest absolute Gasteiger partial charge is 0.334 e. The second-order valence-electron chi connectivity index (χ2n) is 7.83. The highest BCUT2D eigenvalue weighted by Crippen LogP contribution is 2.50. The van der Waals surface area contributed by atoms with Gasteiger partial charge in [-0.25, -0.2) is 4.79 Å². The number of hydrogen-bond donors (Lipinski definition) is 0. The van der Waals surface area contributed by atoms with Crippen molar-refractivity contribution < 1.29 is 19.0 Å². The van der Waals surface area contributed by atoms with Crippen LogP contribution in [0.15, 0.2) is 23.8 Å². The van der Waals surface area contributed by atoms with Gasteiger partial charge in [0.1, 0.15) is 12.2 Å². The van der Waals surface area contributed by atoms with E-state index in [9.17, 15) is 4.79 Å². The third-order valence-electron chi connectivity index (χ3n) is 5.20. The number of fused-ring (bicyclic) bond motifs is 3. The number of esters is 1. The van der Waals surface area contributed by atoms with Gasteiger partial charge in [0, 0.05) is 12.2 Å². The van der Waals surface area contributed by atoms with Crippen molar-refractivity contribution in [3.63, 3.8) is 0 Å². The van der Waals surface area contributed by atoms with Crippen LogP contribution in [0.1, 0.15) is 47.0 Å².